The second-order valence-corrected chi connectivity index (χ2v) is 7.15. The maximum absolute atomic E-state index is 6.18. The average molecular weight is 259 g/mol. The fourth-order valence-corrected chi connectivity index (χ4v) is 4.30. The van der Waals surface area contributed by atoms with Gasteiger partial charge in [0.1, 0.15) is 0 Å². The number of benzene rings is 2. The van der Waals surface area contributed by atoms with Gasteiger partial charge in [-0.05, 0) is 0 Å². The molecule has 1 radical (unpaired) electrons. The van der Waals surface area contributed by atoms with Crippen LogP contribution in [0.3, 0.4) is 0 Å². The zero-order valence-electron chi connectivity index (χ0n) is 11.0. The molecule has 2 heteroatoms. The van der Waals surface area contributed by atoms with Crippen LogP contribution >= 0.6 is 8.15 Å². The van der Waals surface area contributed by atoms with Crippen molar-refractivity contribution >= 4 is 18.8 Å². The van der Waals surface area contributed by atoms with Crippen molar-refractivity contribution in [2.24, 2.45) is 0 Å². The van der Waals surface area contributed by atoms with Crippen LogP contribution in [0.4, 0.5) is 0 Å². The summed E-state index contributed by atoms with van der Waals surface area (Å²) in [5, 5.41) is 2.68. The van der Waals surface area contributed by atoms with Gasteiger partial charge in [-0.25, -0.2) is 0 Å². The van der Waals surface area contributed by atoms with Gasteiger partial charge in [-0.1, -0.05) is 0 Å². The van der Waals surface area contributed by atoms with Crippen LogP contribution in [-0.2, 0) is 4.52 Å². The molecular weight excluding hydrogens is 239 g/mol. The molecule has 0 spiro atoms. The van der Waals surface area contributed by atoms with Gasteiger partial charge < -0.3 is 0 Å². The average Bonchev–Trinajstić information content (AvgIpc) is 2.41. The van der Waals surface area contributed by atoms with Gasteiger partial charge in [0, 0.05) is 0 Å². The molecule has 0 unspecified atom stereocenters. The first kappa shape index (κ1) is 13.3. The van der Waals surface area contributed by atoms with Crippen molar-refractivity contribution in [2.75, 3.05) is 6.61 Å². The third-order valence-electron chi connectivity index (χ3n) is 2.74. The van der Waals surface area contributed by atoms with Crippen molar-refractivity contribution in [1.82, 2.24) is 0 Å². The summed E-state index contributed by atoms with van der Waals surface area (Å²) in [5.74, 6) is 1.32. The molecule has 0 fully saturated rings. The minimum absolute atomic E-state index is 0.751. The Hall–Kier alpha value is -1.17. The van der Waals surface area contributed by atoms with E-state index in [-0.39, 0.29) is 0 Å². The first-order valence-electron chi connectivity index (χ1n) is 6.28. The van der Waals surface area contributed by atoms with Crippen LogP contribution in [0.15, 0.2) is 60.7 Å². The molecule has 0 amide bonds. The van der Waals surface area contributed by atoms with Gasteiger partial charge in [-0.2, -0.15) is 0 Å². The van der Waals surface area contributed by atoms with Gasteiger partial charge in [0.2, 0.25) is 0 Å². The van der Waals surface area contributed by atoms with Crippen LogP contribution in [0.1, 0.15) is 13.8 Å². The third-order valence-corrected chi connectivity index (χ3v) is 5.22. The molecule has 0 bridgehead atoms. The fraction of sp³-hybridized carbons (Fsp3) is 0.188. The van der Waals surface area contributed by atoms with Crippen molar-refractivity contribution < 1.29 is 4.52 Å². The number of hydrogen-bond donors (Lipinski definition) is 0. The van der Waals surface area contributed by atoms with E-state index in [1.807, 2.05) is 0 Å². The topological polar surface area (TPSA) is 9.23 Å². The molecule has 0 aromatic heterocycles. The second kappa shape index (κ2) is 6.68. The first-order valence-corrected chi connectivity index (χ1v) is 7.90. The SMILES string of the molecule is C[C](C)CO[PH2](c1ccccc1)c1ccccc1. The molecule has 2 aromatic rings. The first-order chi connectivity index (χ1) is 8.77. The van der Waals surface area contributed by atoms with Crippen LogP contribution in [0.25, 0.3) is 0 Å². The number of rotatable bonds is 5. The summed E-state index contributed by atoms with van der Waals surface area (Å²) < 4.78 is 6.18. The Kier molecular flexibility index (Phi) is 4.92. The van der Waals surface area contributed by atoms with Crippen molar-refractivity contribution in [2.45, 2.75) is 13.8 Å². The molecule has 2 aromatic carbocycles. The van der Waals surface area contributed by atoms with E-state index >= 15 is 0 Å². The van der Waals surface area contributed by atoms with E-state index in [4.69, 9.17) is 4.52 Å². The molecule has 0 aliphatic heterocycles. The summed E-state index contributed by atoms with van der Waals surface area (Å²) in [6, 6.07) is 21.2. The molecule has 0 N–H and O–H groups in total. The summed E-state index contributed by atoms with van der Waals surface area (Å²) >= 11 is 0. The fourth-order valence-electron chi connectivity index (χ4n) is 1.89. The van der Waals surface area contributed by atoms with E-state index in [1.165, 1.54) is 16.5 Å². The molecular formula is C16H20OP. The van der Waals surface area contributed by atoms with Crippen LogP contribution in [0.2, 0.25) is 0 Å². The van der Waals surface area contributed by atoms with Crippen LogP contribution in [0.5, 0.6) is 0 Å². The Bertz CT molecular complexity index is 414. The minimum atomic E-state index is -1.53. The predicted octanol–water partition coefficient (Wildman–Crippen LogP) is 3.13. The maximum atomic E-state index is 6.18. The normalized spacial score (nSPS) is 11.6. The van der Waals surface area contributed by atoms with Crippen molar-refractivity contribution in [3.8, 4) is 0 Å². The van der Waals surface area contributed by atoms with Crippen molar-refractivity contribution in [3.05, 3.63) is 66.6 Å². The monoisotopic (exact) mass is 259 g/mol. The summed E-state index contributed by atoms with van der Waals surface area (Å²) in [6.07, 6.45) is 0. The number of hydrogen-bond acceptors (Lipinski definition) is 1. The Morgan fingerprint density at radius 2 is 1.28 bits per heavy atom. The van der Waals surface area contributed by atoms with E-state index in [9.17, 15) is 0 Å². The molecule has 0 aliphatic carbocycles. The molecule has 0 heterocycles. The second-order valence-electron chi connectivity index (χ2n) is 4.72. The summed E-state index contributed by atoms with van der Waals surface area (Å²) in [4.78, 5) is 0. The van der Waals surface area contributed by atoms with Gasteiger partial charge in [-0.3, -0.25) is 0 Å². The van der Waals surface area contributed by atoms with E-state index in [1.54, 1.807) is 0 Å². The third kappa shape index (κ3) is 3.66. The molecule has 0 saturated carbocycles. The van der Waals surface area contributed by atoms with Crippen molar-refractivity contribution in [1.29, 1.82) is 0 Å². The molecule has 18 heavy (non-hydrogen) atoms. The molecule has 1 nitrogen and oxygen atoms in total. The molecule has 0 aliphatic rings. The van der Waals surface area contributed by atoms with Crippen LogP contribution in [-0.4, -0.2) is 6.61 Å². The summed E-state index contributed by atoms with van der Waals surface area (Å²) in [5.41, 5.74) is 0. The zero-order chi connectivity index (χ0) is 12.8. The Morgan fingerprint density at radius 3 is 1.67 bits per heavy atom. The van der Waals surface area contributed by atoms with E-state index in [0.717, 1.165) is 6.61 Å². The van der Waals surface area contributed by atoms with Crippen LogP contribution < -0.4 is 10.6 Å². The van der Waals surface area contributed by atoms with Gasteiger partial charge in [0.15, 0.2) is 0 Å². The predicted molar refractivity (Wildman–Crippen MR) is 82.4 cm³/mol. The quantitative estimate of drug-likeness (QED) is 0.750. The summed E-state index contributed by atoms with van der Waals surface area (Å²) in [7, 11) is -1.53. The zero-order valence-corrected chi connectivity index (χ0v) is 12.1. The Labute approximate surface area is 111 Å². The van der Waals surface area contributed by atoms with E-state index in [2.05, 4.69) is 74.5 Å². The standard InChI is InChI=1S/C16H20OP/c1-14(2)13-17-18(15-9-5-3-6-10-15)16-11-7-4-8-12-16/h3-12H,13,18H2,1-2H3. The molecule has 0 saturated heterocycles. The Morgan fingerprint density at radius 1 is 0.833 bits per heavy atom. The van der Waals surface area contributed by atoms with E-state index < -0.39 is 8.15 Å². The van der Waals surface area contributed by atoms with E-state index in [0.29, 0.717) is 0 Å². The molecule has 0 atom stereocenters. The van der Waals surface area contributed by atoms with Gasteiger partial charge in [0.25, 0.3) is 0 Å². The van der Waals surface area contributed by atoms with Gasteiger partial charge >= 0.3 is 110 Å². The Balaban J connectivity index is 2.24. The van der Waals surface area contributed by atoms with Crippen LogP contribution in [0, 0.1) is 5.92 Å². The molecule has 2 rings (SSSR count). The molecule has 95 valence electrons. The van der Waals surface area contributed by atoms with Gasteiger partial charge in [-0.15, -0.1) is 0 Å². The van der Waals surface area contributed by atoms with Gasteiger partial charge in [0.05, 0.1) is 0 Å². The van der Waals surface area contributed by atoms with Crippen molar-refractivity contribution in [3.63, 3.8) is 0 Å². The summed E-state index contributed by atoms with van der Waals surface area (Å²) in [6.45, 7) is 4.98.